The van der Waals surface area contributed by atoms with Gasteiger partial charge in [0.05, 0.1) is 18.1 Å². The number of methoxy groups -OCH3 is 1. The van der Waals surface area contributed by atoms with E-state index in [-0.39, 0.29) is 17.3 Å². The number of halogens is 1. The van der Waals surface area contributed by atoms with E-state index in [9.17, 15) is 10.1 Å². The lowest BCUT2D eigenvalue weighted by Gasteiger charge is -2.06. The van der Waals surface area contributed by atoms with Crippen molar-refractivity contribution in [2.75, 3.05) is 7.11 Å². The first kappa shape index (κ1) is 13.3. The van der Waals surface area contributed by atoms with Crippen LogP contribution in [0.15, 0.2) is 41.0 Å². The third kappa shape index (κ3) is 3.19. The van der Waals surface area contributed by atoms with E-state index in [4.69, 9.17) is 9.47 Å². The molecule has 0 saturated carbocycles. The normalized spacial score (nSPS) is 10.0. The number of nitro benzene ring substituents is 1. The van der Waals surface area contributed by atoms with Crippen molar-refractivity contribution in [3.8, 4) is 17.4 Å². The minimum absolute atomic E-state index is 0.112. The quantitative estimate of drug-likeness (QED) is 0.635. The number of hydrogen-bond acceptors (Lipinski definition) is 5. The summed E-state index contributed by atoms with van der Waals surface area (Å²) in [5.41, 5.74) is -0.177. The Morgan fingerprint density at radius 1 is 1.32 bits per heavy atom. The first-order valence-electron chi connectivity index (χ1n) is 5.22. The molecule has 0 saturated heterocycles. The Morgan fingerprint density at radius 3 is 2.68 bits per heavy atom. The maximum Gasteiger partial charge on any atom is 0.315 e. The molecular formula is C12H9BrN2O4. The van der Waals surface area contributed by atoms with Crippen molar-refractivity contribution in [2.45, 2.75) is 0 Å². The number of rotatable bonds is 4. The molecule has 0 aliphatic heterocycles. The molecule has 0 atom stereocenters. The topological polar surface area (TPSA) is 74.5 Å². The Bertz CT molecular complexity index is 601. The van der Waals surface area contributed by atoms with Gasteiger partial charge in [0.1, 0.15) is 5.75 Å². The van der Waals surface area contributed by atoms with Crippen LogP contribution in [0.3, 0.4) is 0 Å². The van der Waals surface area contributed by atoms with Gasteiger partial charge in [0.25, 0.3) is 0 Å². The maximum atomic E-state index is 11.0. The standard InChI is InChI=1S/C12H9BrN2O4/c1-18-9-3-4-11(10(6-9)15(16)17)19-12-5-2-8(13)7-14-12/h2-7H,1H3. The number of pyridine rings is 1. The van der Waals surface area contributed by atoms with Crippen molar-refractivity contribution >= 4 is 21.6 Å². The van der Waals surface area contributed by atoms with Gasteiger partial charge < -0.3 is 9.47 Å². The van der Waals surface area contributed by atoms with E-state index in [0.29, 0.717) is 5.75 Å². The highest BCUT2D eigenvalue weighted by Crippen LogP contribution is 2.33. The van der Waals surface area contributed by atoms with Gasteiger partial charge in [-0.05, 0) is 34.1 Å². The van der Waals surface area contributed by atoms with Crippen LogP contribution in [-0.2, 0) is 0 Å². The first-order valence-corrected chi connectivity index (χ1v) is 6.01. The Kier molecular flexibility index (Phi) is 3.96. The molecule has 0 fully saturated rings. The van der Waals surface area contributed by atoms with Gasteiger partial charge in [0, 0.05) is 16.7 Å². The fourth-order valence-corrected chi connectivity index (χ4v) is 1.62. The number of nitrogens with zero attached hydrogens (tertiary/aromatic N) is 2. The van der Waals surface area contributed by atoms with Gasteiger partial charge in [0.15, 0.2) is 0 Å². The van der Waals surface area contributed by atoms with E-state index in [1.54, 1.807) is 24.4 Å². The molecule has 0 N–H and O–H groups in total. The Morgan fingerprint density at radius 2 is 2.11 bits per heavy atom. The molecular weight excluding hydrogens is 316 g/mol. The second-order valence-corrected chi connectivity index (χ2v) is 4.42. The minimum atomic E-state index is -0.531. The summed E-state index contributed by atoms with van der Waals surface area (Å²) in [5, 5.41) is 11.0. The van der Waals surface area contributed by atoms with Crippen molar-refractivity contribution in [3.63, 3.8) is 0 Å². The average Bonchev–Trinajstić information content (AvgIpc) is 2.41. The Hall–Kier alpha value is -2.15. The number of aromatic nitrogens is 1. The molecule has 2 rings (SSSR count). The Labute approximate surface area is 117 Å². The van der Waals surface area contributed by atoms with E-state index in [1.165, 1.54) is 19.2 Å². The summed E-state index contributed by atoms with van der Waals surface area (Å²) in [6, 6.07) is 7.70. The van der Waals surface area contributed by atoms with Crippen LogP contribution in [0.4, 0.5) is 5.69 Å². The van der Waals surface area contributed by atoms with E-state index in [2.05, 4.69) is 20.9 Å². The molecule has 0 spiro atoms. The zero-order valence-electron chi connectivity index (χ0n) is 9.87. The van der Waals surface area contributed by atoms with Crippen LogP contribution in [0.5, 0.6) is 17.4 Å². The van der Waals surface area contributed by atoms with Crippen LogP contribution in [0.1, 0.15) is 0 Å². The van der Waals surface area contributed by atoms with Crippen LogP contribution in [0.25, 0.3) is 0 Å². The van der Waals surface area contributed by atoms with Crippen molar-refractivity contribution in [3.05, 3.63) is 51.1 Å². The van der Waals surface area contributed by atoms with E-state index in [1.807, 2.05) is 0 Å². The van der Waals surface area contributed by atoms with E-state index in [0.717, 1.165) is 4.47 Å². The number of nitro groups is 1. The zero-order chi connectivity index (χ0) is 13.8. The zero-order valence-corrected chi connectivity index (χ0v) is 11.5. The second-order valence-electron chi connectivity index (χ2n) is 3.51. The summed E-state index contributed by atoms with van der Waals surface area (Å²) < 4.78 is 11.1. The number of ether oxygens (including phenoxy) is 2. The predicted octanol–water partition coefficient (Wildman–Crippen LogP) is 3.55. The summed E-state index contributed by atoms with van der Waals surface area (Å²) in [7, 11) is 1.44. The van der Waals surface area contributed by atoms with Crippen LogP contribution in [0.2, 0.25) is 0 Å². The molecule has 1 aromatic carbocycles. The maximum absolute atomic E-state index is 11.0. The van der Waals surface area contributed by atoms with Gasteiger partial charge in [0.2, 0.25) is 11.6 Å². The molecule has 98 valence electrons. The molecule has 1 heterocycles. The largest absolute Gasteiger partial charge is 0.496 e. The van der Waals surface area contributed by atoms with Gasteiger partial charge in [-0.1, -0.05) is 0 Å². The lowest BCUT2D eigenvalue weighted by molar-refractivity contribution is -0.385. The van der Waals surface area contributed by atoms with Gasteiger partial charge in [-0.2, -0.15) is 0 Å². The number of hydrogen-bond donors (Lipinski definition) is 0. The van der Waals surface area contributed by atoms with Crippen molar-refractivity contribution in [1.82, 2.24) is 4.98 Å². The molecule has 19 heavy (non-hydrogen) atoms. The van der Waals surface area contributed by atoms with Crippen LogP contribution >= 0.6 is 15.9 Å². The highest BCUT2D eigenvalue weighted by Gasteiger charge is 2.17. The predicted molar refractivity (Wildman–Crippen MR) is 71.7 cm³/mol. The van der Waals surface area contributed by atoms with Gasteiger partial charge in [-0.15, -0.1) is 0 Å². The molecule has 0 aliphatic rings. The molecule has 6 nitrogen and oxygen atoms in total. The molecule has 0 radical (unpaired) electrons. The van der Waals surface area contributed by atoms with Crippen LogP contribution in [-0.4, -0.2) is 17.0 Å². The van der Waals surface area contributed by atoms with E-state index >= 15 is 0 Å². The second kappa shape index (κ2) is 5.66. The van der Waals surface area contributed by atoms with Crippen LogP contribution in [0, 0.1) is 10.1 Å². The highest BCUT2D eigenvalue weighted by atomic mass is 79.9. The van der Waals surface area contributed by atoms with Crippen molar-refractivity contribution in [2.24, 2.45) is 0 Å². The molecule has 1 aromatic heterocycles. The lowest BCUT2D eigenvalue weighted by Crippen LogP contribution is -1.95. The fraction of sp³-hybridized carbons (Fsp3) is 0.0833. The lowest BCUT2D eigenvalue weighted by atomic mass is 10.3. The molecule has 2 aromatic rings. The minimum Gasteiger partial charge on any atom is -0.496 e. The number of benzene rings is 1. The smallest absolute Gasteiger partial charge is 0.315 e. The monoisotopic (exact) mass is 324 g/mol. The summed E-state index contributed by atoms with van der Waals surface area (Å²) in [4.78, 5) is 14.4. The third-order valence-electron chi connectivity index (χ3n) is 2.28. The van der Waals surface area contributed by atoms with Crippen molar-refractivity contribution in [1.29, 1.82) is 0 Å². The summed E-state index contributed by atoms with van der Waals surface area (Å²) in [6.07, 6.45) is 1.55. The fourth-order valence-electron chi connectivity index (χ4n) is 1.39. The SMILES string of the molecule is COc1ccc(Oc2ccc(Br)cn2)c([N+](=O)[O-])c1. The molecule has 0 aliphatic carbocycles. The molecule has 0 bridgehead atoms. The summed E-state index contributed by atoms with van der Waals surface area (Å²) >= 11 is 3.24. The first-order chi connectivity index (χ1) is 9.10. The average molecular weight is 325 g/mol. The summed E-state index contributed by atoms with van der Waals surface area (Å²) in [5.74, 6) is 0.778. The van der Waals surface area contributed by atoms with Gasteiger partial charge in [-0.25, -0.2) is 4.98 Å². The van der Waals surface area contributed by atoms with Crippen molar-refractivity contribution < 1.29 is 14.4 Å². The van der Waals surface area contributed by atoms with E-state index < -0.39 is 4.92 Å². The molecule has 0 unspecified atom stereocenters. The Balaban J connectivity index is 2.33. The van der Waals surface area contributed by atoms with Gasteiger partial charge in [-0.3, -0.25) is 10.1 Å². The third-order valence-corrected chi connectivity index (χ3v) is 2.75. The highest BCUT2D eigenvalue weighted by molar-refractivity contribution is 9.10. The molecule has 7 heteroatoms. The molecule has 0 amide bonds. The van der Waals surface area contributed by atoms with Crippen LogP contribution < -0.4 is 9.47 Å². The summed E-state index contributed by atoms with van der Waals surface area (Å²) in [6.45, 7) is 0. The van der Waals surface area contributed by atoms with Gasteiger partial charge >= 0.3 is 5.69 Å².